The molecular formula is C15H11F6N3O. The number of aliphatic hydroxyl groups is 1. The molecule has 3 rings (SSSR count). The molecule has 0 fully saturated rings. The van der Waals surface area contributed by atoms with Gasteiger partial charge in [0.25, 0.3) is 0 Å². The van der Waals surface area contributed by atoms with Gasteiger partial charge in [-0.1, -0.05) is 0 Å². The second-order valence-electron chi connectivity index (χ2n) is 5.38. The summed E-state index contributed by atoms with van der Waals surface area (Å²) in [6.45, 7) is -0.705. The van der Waals surface area contributed by atoms with Crippen LogP contribution >= 0.6 is 0 Å². The van der Waals surface area contributed by atoms with Crippen molar-refractivity contribution in [2.45, 2.75) is 18.9 Å². The first-order chi connectivity index (χ1) is 11.6. The van der Waals surface area contributed by atoms with Crippen LogP contribution in [0.25, 0.3) is 0 Å². The van der Waals surface area contributed by atoms with E-state index in [2.05, 4.69) is 4.98 Å². The van der Waals surface area contributed by atoms with E-state index in [1.807, 2.05) is 0 Å². The highest BCUT2D eigenvalue weighted by Gasteiger charge is 2.39. The van der Waals surface area contributed by atoms with E-state index in [0.29, 0.717) is 0 Å². The van der Waals surface area contributed by atoms with E-state index < -0.39 is 30.3 Å². The molecule has 0 saturated carbocycles. The molecule has 0 radical (unpaired) electrons. The Morgan fingerprint density at radius 2 is 1.64 bits per heavy atom. The van der Waals surface area contributed by atoms with E-state index in [9.17, 15) is 31.4 Å². The number of imidazole rings is 1. The molecule has 0 bridgehead atoms. The number of nitrogens with zero attached hydrogens (tertiary/aromatic N) is 3. The Bertz CT molecular complexity index is 804. The Balaban J connectivity index is 2.05. The normalized spacial score (nSPS) is 15.2. The first-order valence-corrected chi connectivity index (χ1v) is 7.01. The summed E-state index contributed by atoms with van der Waals surface area (Å²) in [6.07, 6.45) is -6.83. The summed E-state index contributed by atoms with van der Waals surface area (Å²) in [6, 6.07) is 3.96. The third-order valence-corrected chi connectivity index (χ3v) is 3.68. The molecule has 1 aliphatic rings. The fourth-order valence-corrected chi connectivity index (χ4v) is 2.54. The maximum absolute atomic E-state index is 13.0. The van der Waals surface area contributed by atoms with Crippen molar-refractivity contribution in [1.82, 2.24) is 9.55 Å². The van der Waals surface area contributed by atoms with E-state index in [0.717, 1.165) is 35.0 Å². The monoisotopic (exact) mass is 363 g/mol. The van der Waals surface area contributed by atoms with Gasteiger partial charge in [0.15, 0.2) is 0 Å². The van der Waals surface area contributed by atoms with Gasteiger partial charge in [0.05, 0.1) is 24.9 Å². The van der Waals surface area contributed by atoms with Gasteiger partial charge in [0.1, 0.15) is 5.82 Å². The van der Waals surface area contributed by atoms with Gasteiger partial charge in [-0.3, -0.25) is 0 Å². The van der Waals surface area contributed by atoms with Gasteiger partial charge in [-0.15, -0.1) is 0 Å². The average Bonchev–Trinajstić information content (AvgIpc) is 2.97. The number of hydrogen-bond donors (Lipinski definition) is 1. The Labute approximate surface area is 137 Å². The first kappa shape index (κ1) is 17.3. The lowest BCUT2D eigenvalue weighted by Gasteiger charge is -2.29. The molecule has 0 unspecified atom stereocenters. The van der Waals surface area contributed by atoms with Crippen LogP contribution in [0.15, 0.2) is 42.2 Å². The molecule has 0 atom stereocenters. The summed E-state index contributed by atoms with van der Waals surface area (Å²) < 4.78 is 78.0. The van der Waals surface area contributed by atoms with E-state index in [4.69, 9.17) is 0 Å². The third kappa shape index (κ3) is 3.21. The van der Waals surface area contributed by atoms with Gasteiger partial charge < -0.3 is 14.6 Å². The van der Waals surface area contributed by atoms with Crippen LogP contribution in [0.4, 0.5) is 37.8 Å². The predicted octanol–water partition coefficient (Wildman–Crippen LogP) is 3.95. The first-order valence-electron chi connectivity index (χ1n) is 7.01. The van der Waals surface area contributed by atoms with Crippen LogP contribution in [0.5, 0.6) is 0 Å². The molecule has 0 aliphatic carbocycles. The fraction of sp³-hybridized carbons (Fsp3) is 0.267. The van der Waals surface area contributed by atoms with E-state index in [1.165, 1.54) is 11.1 Å². The van der Waals surface area contributed by atoms with Crippen LogP contribution in [0.2, 0.25) is 0 Å². The van der Waals surface area contributed by atoms with Crippen molar-refractivity contribution in [3.05, 3.63) is 53.6 Å². The Morgan fingerprint density at radius 1 is 1.00 bits per heavy atom. The summed E-state index contributed by atoms with van der Waals surface area (Å²) in [4.78, 5) is 4.63. The second-order valence-corrected chi connectivity index (χ2v) is 5.38. The number of aliphatic hydroxyl groups excluding tert-OH is 1. The predicted molar refractivity (Wildman–Crippen MR) is 76.0 cm³/mol. The molecule has 10 heteroatoms. The van der Waals surface area contributed by atoms with Gasteiger partial charge in [0.2, 0.25) is 5.82 Å². The van der Waals surface area contributed by atoms with Gasteiger partial charge in [-0.25, -0.2) is 4.98 Å². The summed E-state index contributed by atoms with van der Waals surface area (Å²) in [7, 11) is 0. The Kier molecular flexibility index (Phi) is 4.02. The molecule has 1 aromatic heterocycles. The fourth-order valence-electron chi connectivity index (χ4n) is 2.54. The summed E-state index contributed by atoms with van der Waals surface area (Å²) >= 11 is 0. The zero-order valence-corrected chi connectivity index (χ0v) is 12.4. The molecule has 0 amide bonds. The number of rotatable bonds is 2. The van der Waals surface area contributed by atoms with Crippen LogP contribution in [0.1, 0.15) is 11.4 Å². The number of fused-ring (bicyclic) bond motifs is 1. The smallest absolute Gasteiger partial charge is 0.392 e. The lowest BCUT2D eigenvalue weighted by molar-refractivity contribution is -0.147. The minimum absolute atomic E-state index is 0.0456. The maximum atomic E-state index is 13.0. The minimum Gasteiger partial charge on any atom is -0.392 e. The van der Waals surface area contributed by atoms with Crippen LogP contribution in [0, 0.1) is 0 Å². The maximum Gasteiger partial charge on any atom is 0.449 e. The molecule has 1 aliphatic heterocycles. The van der Waals surface area contributed by atoms with Crippen molar-refractivity contribution in [2.75, 3.05) is 11.5 Å². The number of alkyl halides is 6. The zero-order chi connectivity index (χ0) is 18.4. The molecule has 134 valence electrons. The van der Waals surface area contributed by atoms with Gasteiger partial charge >= 0.3 is 12.4 Å². The topological polar surface area (TPSA) is 41.3 Å². The average molecular weight is 363 g/mol. The summed E-state index contributed by atoms with van der Waals surface area (Å²) in [5.74, 6) is -1.09. The van der Waals surface area contributed by atoms with Crippen molar-refractivity contribution in [3.63, 3.8) is 0 Å². The second kappa shape index (κ2) is 5.80. The summed E-state index contributed by atoms with van der Waals surface area (Å²) in [5, 5.41) is 9.30. The van der Waals surface area contributed by atoms with Crippen LogP contribution in [-0.4, -0.2) is 21.3 Å². The molecule has 2 heterocycles. The van der Waals surface area contributed by atoms with E-state index in [1.54, 1.807) is 0 Å². The van der Waals surface area contributed by atoms with Crippen LogP contribution in [-0.2, 0) is 18.9 Å². The Morgan fingerprint density at radius 3 is 2.16 bits per heavy atom. The molecule has 0 saturated heterocycles. The molecule has 25 heavy (non-hydrogen) atoms. The van der Waals surface area contributed by atoms with Crippen LogP contribution in [0.3, 0.4) is 0 Å². The molecule has 1 N–H and O–H groups in total. The van der Waals surface area contributed by atoms with Crippen molar-refractivity contribution in [3.8, 4) is 0 Å². The van der Waals surface area contributed by atoms with Crippen LogP contribution < -0.4 is 4.90 Å². The van der Waals surface area contributed by atoms with E-state index >= 15 is 0 Å². The largest absolute Gasteiger partial charge is 0.449 e. The Hall–Kier alpha value is -2.49. The van der Waals surface area contributed by atoms with Crippen molar-refractivity contribution in [1.29, 1.82) is 0 Å². The molecular weight excluding hydrogens is 352 g/mol. The highest BCUT2D eigenvalue weighted by Crippen LogP contribution is 2.38. The van der Waals surface area contributed by atoms with Crippen molar-refractivity contribution in [2.24, 2.45) is 0 Å². The third-order valence-electron chi connectivity index (χ3n) is 3.68. The quantitative estimate of drug-likeness (QED) is 0.822. The SMILES string of the molecule is OCC1=CN(c2ccc(C(F)(F)F)cc2)c2cnc(C(F)(F)F)n2C1. The standard InChI is InChI=1S/C15H11F6N3O/c16-14(17,18)10-1-3-11(4-2-10)23-6-9(8-25)7-24-12(23)5-22-13(24)15(19,20)21/h1-6,25H,7-8H2. The number of aromatic nitrogens is 2. The molecule has 0 spiro atoms. The zero-order valence-electron chi connectivity index (χ0n) is 12.4. The van der Waals surface area contributed by atoms with E-state index in [-0.39, 0.29) is 23.6 Å². The highest BCUT2D eigenvalue weighted by atomic mass is 19.4. The van der Waals surface area contributed by atoms with Crippen molar-refractivity contribution >= 4 is 11.5 Å². The lowest BCUT2D eigenvalue weighted by Crippen LogP contribution is -2.25. The molecule has 4 nitrogen and oxygen atoms in total. The lowest BCUT2D eigenvalue weighted by atomic mass is 10.1. The number of hydrogen-bond acceptors (Lipinski definition) is 3. The number of halogens is 6. The van der Waals surface area contributed by atoms with Gasteiger partial charge in [-0.05, 0) is 29.8 Å². The molecule has 2 aromatic rings. The van der Waals surface area contributed by atoms with Crippen molar-refractivity contribution < 1.29 is 31.4 Å². The summed E-state index contributed by atoms with van der Waals surface area (Å²) in [5.41, 5.74) is -0.395. The minimum atomic E-state index is -4.69. The molecule has 1 aromatic carbocycles. The highest BCUT2D eigenvalue weighted by molar-refractivity contribution is 5.65. The number of anilines is 2. The number of benzene rings is 1. The van der Waals surface area contributed by atoms with Gasteiger partial charge in [0, 0.05) is 11.9 Å². The van der Waals surface area contributed by atoms with Gasteiger partial charge in [-0.2, -0.15) is 26.3 Å².